The normalized spacial score (nSPS) is 17.0. The molecule has 0 aromatic heterocycles. The molecule has 6 nitrogen and oxygen atoms in total. The third kappa shape index (κ3) is 5.89. The fourth-order valence-corrected chi connectivity index (χ4v) is 2.51. The van der Waals surface area contributed by atoms with Crippen molar-refractivity contribution in [1.29, 1.82) is 0 Å². The van der Waals surface area contributed by atoms with E-state index in [9.17, 15) is 4.79 Å². The Kier molecular flexibility index (Phi) is 7.45. The number of urea groups is 1. The van der Waals surface area contributed by atoms with Gasteiger partial charge >= 0.3 is 6.03 Å². The van der Waals surface area contributed by atoms with E-state index in [1.165, 1.54) is 0 Å². The van der Waals surface area contributed by atoms with Crippen LogP contribution in [0.3, 0.4) is 0 Å². The van der Waals surface area contributed by atoms with Gasteiger partial charge in [0, 0.05) is 19.8 Å². The van der Waals surface area contributed by atoms with Gasteiger partial charge in [-0.25, -0.2) is 4.79 Å². The largest absolute Gasteiger partial charge is 0.487 e. The van der Waals surface area contributed by atoms with Gasteiger partial charge in [0.05, 0.1) is 23.4 Å². The van der Waals surface area contributed by atoms with Gasteiger partial charge in [0.1, 0.15) is 6.61 Å². The molecule has 7 heteroatoms. The lowest BCUT2D eigenvalue weighted by Crippen LogP contribution is -2.35. The van der Waals surface area contributed by atoms with E-state index in [0.29, 0.717) is 42.8 Å². The number of anilines is 1. The van der Waals surface area contributed by atoms with Crippen molar-refractivity contribution in [3.63, 3.8) is 0 Å². The zero-order valence-electron chi connectivity index (χ0n) is 13.3. The Morgan fingerprint density at radius 3 is 3.04 bits per heavy atom. The molecule has 1 heterocycles. The number of ether oxygens (including phenoxy) is 3. The summed E-state index contributed by atoms with van der Waals surface area (Å²) in [5.41, 5.74) is 0.527. The molecule has 1 aliphatic rings. The highest BCUT2D eigenvalue weighted by Crippen LogP contribution is 2.32. The molecule has 2 amide bonds. The predicted octanol–water partition coefficient (Wildman–Crippen LogP) is 3.06. The third-order valence-corrected chi connectivity index (χ3v) is 3.71. The minimum atomic E-state index is -0.308. The number of carbonyl (C=O) groups excluding carboxylic acids is 1. The maximum absolute atomic E-state index is 12.0. The van der Waals surface area contributed by atoms with Crippen LogP contribution in [0.2, 0.25) is 5.02 Å². The minimum Gasteiger partial charge on any atom is -0.487 e. The predicted molar refractivity (Wildman–Crippen MR) is 89.4 cm³/mol. The highest BCUT2D eigenvalue weighted by Gasteiger charge is 2.17. The van der Waals surface area contributed by atoms with Crippen molar-refractivity contribution < 1.29 is 19.0 Å². The Morgan fingerprint density at radius 2 is 2.30 bits per heavy atom. The molecular formula is C16H23ClN2O4. The van der Waals surface area contributed by atoms with Gasteiger partial charge in [0.15, 0.2) is 5.75 Å². The van der Waals surface area contributed by atoms with Crippen LogP contribution in [-0.2, 0) is 9.47 Å². The Bertz CT molecular complexity index is 507. The summed E-state index contributed by atoms with van der Waals surface area (Å²) in [6, 6.07) is 4.91. The van der Waals surface area contributed by atoms with E-state index < -0.39 is 0 Å². The lowest BCUT2D eigenvalue weighted by atomic mass is 10.2. The molecule has 23 heavy (non-hydrogen) atoms. The second-order valence-electron chi connectivity index (χ2n) is 5.13. The Hall–Kier alpha value is -1.50. The van der Waals surface area contributed by atoms with Gasteiger partial charge in [-0.1, -0.05) is 17.7 Å². The Labute approximate surface area is 141 Å². The Balaban J connectivity index is 1.87. The van der Waals surface area contributed by atoms with Crippen molar-refractivity contribution in [2.45, 2.75) is 25.9 Å². The standard InChI is InChI=1S/C16H23ClN2O4/c1-2-21-9-10-23-15-13(17)6-3-7-14(15)19-16(20)18-11-12-5-4-8-22-12/h3,6-7,12H,2,4-5,8-11H2,1H3,(H2,18,19,20)/t12-/m0/s1. The van der Waals surface area contributed by atoms with Crippen molar-refractivity contribution in [1.82, 2.24) is 5.32 Å². The molecule has 1 fully saturated rings. The van der Waals surface area contributed by atoms with Crippen LogP contribution >= 0.6 is 11.6 Å². The molecule has 1 aromatic carbocycles. The van der Waals surface area contributed by atoms with Crippen LogP contribution in [0.15, 0.2) is 18.2 Å². The van der Waals surface area contributed by atoms with E-state index in [0.717, 1.165) is 19.4 Å². The highest BCUT2D eigenvalue weighted by molar-refractivity contribution is 6.32. The molecule has 128 valence electrons. The molecule has 1 aliphatic heterocycles. The van der Waals surface area contributed by atoms with Crippen LogP contribution in [-0.4, -0.2) is 45.1 Å². The number of hydrogen-bond acceptors (Lipinski definition) is 4. The molecule has 0 spiro atoms. The average molecular weight is 343 g/mol. The van der Waals surface area contributed by atoms with Gasteiger partial charge < -0.3 is 24.8 Å². The van der Waals surface area contributed by atoms with Crippen LogP contribution in [0.4, 0.5) is 10.5 Å². The van der Waals surface area contributed by atoms with Crippen LogP contribution in [0.1, 0.15) is 19.8 Å². The average Bonchev–Trinajstić information content (AvgIpc) is 3.05. The van der Waals surface area contributed by atoms with Crippen molar-refractivity contribution in [3.05, 3.63) is 23.2 Å². The number of halogens is 1. The van der Waals surface area contributed by atoms with E-state index in [1.54, 1.807) is 18.2 Å². The van der Waals surface area contributed by atoms with Crippen LogP contribution in [0, 0.1) is 0 Å². The Morgan fingerprint density at radius 1 is 1.43 bits per heavy atom. The number of carbonyl (C=O) groups is 1. The van der Waals surface area contributed by atoms with Gasteiger partial charge in [-0.05, 0) is 31.9 Å². The van der Waals surface area contributed by atoms with Gasteiger partial charge in [0.25, 0.3) is 0 Å². The van der Waals surface area contributed by atoms with E-state index in [1.807, 2.05) is 6.92 Å². The SMILES string of the molecule is CCOCCOc1c(Cl)cccc1NC(=O)NC[C@@H]1CCCO1. The van der Waals surface area contributed by atoms with Crippen molar-refractivity contribution in [2.24, 2.45) is 0 Å². The topological polar surface area (TPSA) is 68.8 Å². The highest BCUT2D eigenvalue weighted by atomic mass is 35.5. The summed E-state index contributed by atoms with van der Waals surface area (Å²) in [4.78, 5) is 12.0. The van der Waals surface area contributed by atoms with Gasteiger partial charge in [-0.15, -0.1) is 0 Å². The third-order valence-electron chi connectivity index (χ3n) is 3.41. The number of hydrogen-bond donors (Lipinski definition) is 2. The maximum Gasteiger partial charge on any atom is 0.319 e. The first-order valence-corrected chi connectivity index (χ1v) is 8.24. The number of amides is 2. The summed E-state index contributed by atoms with van der Waals surface area (Å²) >= 11 is 6.15. The summed E-state index contributed by atoms with van der Waals surface area (Å²) in [6.07, 6.45) is 2.12. The van der Waals surface area contributed by atoms with E-state index in [-0.39, 0.29) is 12.1 Å². The molecule has 1 aromatic rings. The van der Waals surface area contributed by atoms with E-state index >= 15 is 0 Å². The van der Waals surface area contributed by atoms with Gasteiger partial charge in [0.2, 0.25) is 0 Å². The van der Waals surface area contributed by atoms with E-state index in [2.05, 4.69) is 10.6 Å². The number of nitrogens with one attached hydrogen (secondary N) is 2. The van der Waals surface area contributed by atoms with Crippen LogP contribution in [0.25, 0.3) is 0 Å². The lowest BCUT2D eigenvalue weighted by molar-refractivity contribution is 0.110. The summed E-state index contributed by atoms with van der Waals surface area (Å²) < 4.78 is 16.3. The molecule has 2 N–H and O–H groups in total. The fraction of sp³-hybridized carbons (Fsp3) is 0.562. The number of rotatable bonds is 8. The van der Waals surface area contributed by atoms with Crippen LogP contribution in [0.5, 0.6) is 5.75 Å². The molecule has 2 rings (SSSR count). The number of para-hydroxylation sites is 1. The zero-order chi connectivity index (χ0) is 16.5. The van der Waals surface area contributed by atoms with Crippen molar-refractivity contribution >= 4 is 23.3 Å². The lowest BCUT2D eigenvalue weighted by Gasteiger charge is -2.15. The summed E-state index contributed by atoms with van der Waals surface area (Å²) in [5.74, 6) is 0.445. The van der Waals surface area contributed by atoms with Crippen LogP contribution < -0.4 is 15.4 Å². The van der Waals surface area contributed by atoms with Gasteiger partial charge in [-0.3, -0.25) is 0 Å². The first kappa shape index (κ1) is 17.8. The molecule has 0 aliphatic carbocycles. The molecular weight excluding hydrogens is 320 g/mol. The molecule has 0 saturated carbocycles. The second kappa shape index (κ2) is 9.60. The van der Waals surface area contributed by atoms with Crippen molar-refractivity contribution in [3.8, 4) is 5.75 Å². The zero-order valence-corrected chi connectivity index (χ0v) is 14.0. The molecule has 0 bridgehead atoms. The number of benzene rings is 1. The first-order valence-electron chi connectivity index (χ1n) is 7.86. The smallest absolute Gasteiger partial charge is 0.319 e. The first-order chi connectivity index (χ1) is 11.2. The molecule has 1 saturated heterocycles. The summed E-state index contributed by atoms with van der Waals surface area (Å²) in [5, 5.41) is 6.00. The second-order valence-corrected chi connectivity index (χ2v) is 5.54. The maximum atomic E-state index is 12.0. The quantitative estimate of drug-likeness (QED) is 0.712. The van der Waals surface area contributed by atoms with Crippen molar-refractivity contribution in [2.75, 3.05) is 38.3 Å². The molecule has 0 unspecified atom stereocenters. The minimum absolute atomic E-state index is 0.0991. The fourth-order valence-electron chi connectivity index (χ4n) is 2.28. The summed E-state index contributed by atoms with van der Waals surface area (Å²) in [7, 11) is 0. The van der Waals surface area contributed by atoms with E-state index in [4.69, 9.17) is 25.8 Å². The monoisotopic (exact) mass is 342 g/mol. The molecule has 0 radical (unpaired) electrons. The summed E-state index contributed by atoms with van der Waals surface area (Å²) in [6.45, 7) is 4.63. The molecule has 1 atom stereocenters. The van der Waals surface area contributed by atoms with Gasteiger partial charge in [-0.2, -0.15) is 0 Å².